The van der Waals surface area contributed by atoms with Crippen molar-refractivity contribution >= 4 is 0 Å². The third kappa shape index (κ3) is 8.23. The van der Waals surface area contributed by atoms with E-state index in [0.717, 1.165) is 5.75 Å². The minimum absolute atomic E-state index is 0.0463. The van der Waals surface area contributed by atoms with E-state index < -0.39 is 0 Å². The average molecular weight is 228 g/mol. The van der Waals surface area contributed by atoms with Crippen molar-refractivity contribution in [3.05, 3.63) is 30.3 Å². The molecule has 1 aromatic carbocycles. The van der Waals surface area contributed by atoms with Gasteiger partial charge in [-0.05, 0) is 12.1 Å². The lowest BCUT2D eigenvalue weighted by Gasteiger charge is -2.01. The lowest BCUT2D eigenvalue weighted by atomic mass is 10.2. The maximum absolute atomic E-state index is 8.40. The Morgan fingerprint density at radius 1 is 1.06 bits per heavy atom. The highest BCUT2D eigenvalue weighted by Gasteiger charge is 1.91. The van der Waals surface area contributed by atoms with Crippen LogP contribution >= 0.6 is 0 Å². The Balaban J connectivity index is 0.000000325. The van der Waals surface area contributed by atoms with E-state index in [0.29, 0.717) is 6.61 Å². The highest BCUT2D eigenvalue weighted by Crippen LogP contribution is 2.06. The third-order valence-corrected chi connectivity index (χ3v) is 1.73. The minimum Gasteiger partial charge on any atom is -0.491 e. The Labute approximate surface area is 96.1 Å². The molecule has 1 rings (SSSR count). The van der Waals surface area contributed by atoms with Gasteiger partial charge in [-0.1, -0.05) is 25.1 Å². The van der Waals surface area contributed by atoms with Gasteiger partial charge in [-0.2, -0.15) is 0 Å². The molecule has 16 heavy (non-hydrogen) atoms. The summed E-state index contributed by atoms with van der Waals surface area (Å²) in [6, 6.07) is 9.43. The molecule has 0 spiro atoms. The molecule has 0 unspecified atom stereocenters. The third-order valence-electron chi connectivity index (χ3n) is 1.73. The molecule has 0 radical (unpaired) electrons. The molecule has 0 saturated carbocycles. The van der Waals surface area contributed by atoms with Crippen LogP contribution in [0.15, 0.2) is 30.3 Å². The van der Waals surface area contributed by atoms with Gasteiger partial charge < -0.3 is 20.1 Å². The largest absolute Gasteiger partial charge is 0.491 e. The molecule has 0 saturated heterocycles. The van der Waals surface area contributed by atoms with Crippen molar-refractivity contribution in [2.75, 3.05) is 26.4 Å². The highest BCUT2D eigenvalue weighted by molar-refractivity contribution is 5.20. The van der Waals surface area contributed by atoms with E-state index >= 15 is 0 Å². The van der Waals surface area contributed by atoms with Gasteiger partial charge >= 0.3 is 0 Å². The molecule has 0 bridgehead atoms. The van der Waals surface area contributed by atoms with E-state index in [9.17, 15) is 0 Å². The fraction of sp³-hybridized carbons (Fsp3) is 0.500. The number of benzene rings is 1. The molecule has 0 atom stereocenters. The van der Waals surface area contributed by atoms with E-state index in [4.69, 9.17) is 20.1 Å². The number of para-hydroxylation sites is 1. The lowest BCUT2D eigenvalue weighted by molar-refractivity contribution is 0.162. The fourth-order valence-corrected chi connectivity index (χ4v) is 0.738. The van der Waals surface area contributed by atoms with Gasteiger partial charge in [0.2, 0.25) is 0 Å². The van der Waals surface area contributed by atoms with Gasteiger partial charge in [-0.15, -0.1) is 0 Å². The molecule has 0 amide bonds. The van der Waals surface area contributed by atoms with Crippen LogP contribution in [-0.2, 0) is 0 Å². The van der Waals surface area contributed by atoms with Crippen molar-refractivity contribution in [2.24, 2.45) is 5.92 Å². The molecular formula is C12H20O4. The highest BCUT2D eigenvalue weighted by atomic mass is 16.5. The SMILES string of the molecule is CC(CO)CO.OCCOc1ccccc1. The molecule has 4 heteroatoms. The second kappa shape index (κ2) is 10.4. The fourth-order valence-electron chi connectivity index (χ4n) is 0.738. The molecule has 0 aliphatic rings. The Bertz CT molecular complexity index is 234. The van der Waals surface area contributed by atoms with Gasteiger partial charge in [0.05, 0.1) is 6.61 Å². The minimum atomic E-state index is 0.0463. The Kier molecular flexibility index (Phi) is 9.70. The summed E-state index contributed by atoms with van der Waals surface area (Å²) >= 11 is 0. The second-order valence-corrected chi connectivity index (χ2v) is 3.36. The zero-order valence-electron chi connectivity index (χ0n) is 9.54. The van der Waals surface area contributed by atoms with Crippen LogP contribution in [0, 0.1) is 5.92 Å². The molecule has 0 fully saturated rings. The van der Waals surface area contributed by atoms with Crippen molar-refractivity contribution in [3.8, 4) is 5.75 Å². The standard InChI is InChI=1S/C8H10O2.C4H10O2/c9-6-7-10-8-4-2-1-3-5-8;1-4(2-5)3-6/h1-5,9H,6-7H2;4-6H,2-3H2,1H3. The van der Waals surface area contributed by atoms with Crippen LogP contribution in [0.2, 0.25) is 0 Å². The summed E-state index contributed by atoms with van der Waals surface area (Å²) in [5, 5.41) is 24.8. The Hall–Kier alpha value is -1.10. The smallest absolute Gasteiger partial charge is 0.119 e. The van der Waals surface area contributed by atoms with E-state index in [1.54, 1.807) is 6.92 Å². The van der Waals surface area contributed by atoms with Crippen LogP contribution in [0.25, 0.3) is 0 Å². The van der Waals surface area contributed by atoms with Gasteiger partial charge in [-0.3, -0.25) is 0 Å². The van der Waals surface area contributed by atoms with E-state index in [1.807, 2.05) is 30.3 Å². The normalized spacial score (nSPS) is 9.56. The zero-order valence-corrected chi connectivity index (χ0v) is 9.54. The number of aliphatic hydroxyl groups is 3. The summed E-state index contributed by atoms with van der Waals surface area (Å²) in [4.78, 5) is 0. The van der Waals surface area contributed by atoms with Crippen molar-refractivity contribution < 1.29 is 20.1 Å². The monoisotopic (exact) mass is 228 g/mol. The molecule has 4 nitrogen and oxygen atoms in total. The molecule has 0 aromatic heterocycles. The van der Waals surface area contributed by atoms with E-state index in [2.05, 4.69) is 0 Å². The molecule has 0 heterocycles. The summed E-state index contributed by atoms with van der Waals surface area (Å²) in [6.45, 7) is 2.37. The van der Waals surface area contributed by atoms with Crippen molar-refractivity contribution in [1.29, 1.82) is 0 Å². The average Bonchev–Trinajstić information content (AvgIpc) is 2.37. The summed E-state index contributed by atoms with van der Waals surface area (Å²) in [7, 11) is 0. The van der Waals surface area contributed by atoms with Crippen LogP contribution in [0.5, 0.6) is 5.75 Å². The van der Waals surface area contributed by atoms with Crippen LogP contribution in [0.4, 0.5) is 0 Å². The van der Waals surface area contributed by atoms with Crippen LogP contribution in [-0.4, -0.2) is 41.7 Å². The quantitative estimate of drug-likeness (QED) is 0.692. The number of aliphatic hydroxyl groups excluding tert-OH is 3. The van der Waals surface area contributed by atoms with E-state index in [-0.39, 0.29) is 25.7 Å². The lowest BCUT2D eigenvalue weighted by Crippen LogP contribution is -2.04. The van der Waals surface area contributed by atoms with Crippen molar-refractivity contribution in [3.63, 3.8) is 0 Å². The summed E-state index contributed by atoms with van der Waals surface area (Å²) < 4.78 is 5.11. The van der Waals surface area contributed by atoms with Gasteiger partial charge in [-0.25, -0.2) is 0 Å². The Morgan fingerprint density at radius 3 is 2.00 bits per heavy atom. The van der Waals surface area contributed by atoms with Crippen molar-refractivity contribution in [2.45, 2.75) is 6.92 Å². The first-order chi connectivity index (χ1) is 7.74. The summed E-state index contributed by atoms with van der Waals surface area (Å²) in [5.74, 6) is 0.849. The maximum Gasteiger partial charge on any atom is 0.119 e. The number of hydrogen-bond acceptors (Lipinski definition) is 4. The number of hydrogen-bond donors (Lipinski definition) is 3. The molecule has 0 aliphatic heterocycles. The van der Waals surface area contributed by atoms with Gasteiger partial charge in [0.15, 0.2) is 0 Å². The summed E-state index contributed by atoms with van der Waals surface area (Å²) in [6.07, 6.45) is 0. The van der Waals surface area contributed by atoms with E-state index in [1.165, 1.54) is 0 Å². The molecule has 3 N–H and O–H groups in total. The Morgan fingerprint density at radius 2 is 1.62 bits per heavy atom. The molecule has 1 aromatic rings. The predicted molar refractivity (Wildman–Crippen MR) is 62.4 cm³/mol. The topological polar surface area (TPSA) is 69.9 Å². The first-order valence-corrected chi connectivity index (χ1v) is 5.25. The van der Waals surface area contributed by atoms with Crippen LogP contribution in [0.1, 0.15) is 6.92 Å². The first-order valence-electron chi connectivity index (χ1n) is 5.25. The number of ether oxygens (including phenoxy) is 1. The predicted octanol–water partition coefficient (Wildman–Crippen LogP) is 0.665. The van der Waals surface area contributed by atoms with Crippen LogP contribution in [0.3, 0.4) is 0 Å². The molecule has 0 aliphatic carbocycles. The van der Waals surface area contributed by atoms with Gasteiger partial charge in [0.1, 0.15) is 12.4 Å². The number of rotatable bonds is 5. The maximum atomic E-state index is 8.40. The van der Waals surface area contributed by atoms with Crippen LogP contribution < -0.4 is 4.74 Å². The first kappa shape index (κ1) is 14.9. The molecular weight excluding hydrogens is 208 g/mol. The second-order valence-electron chi connectivity index (χ2n) is 3.36. The van der Waals surface area contributed by atoms with Crippen molar-refractivity contribution in [1.82, 2.24) is 0 Å². The van der Waals surface area contributed by atoms with Gasteiger partial charge in [0.25, 0.3) is 0 Å². The molecule has 92 valence electrons. The summed E-state index contributed by atoms with van der Waals surface area (Å²) in [5.41, 5.74) is 0. The van der Waals surface area contributed by atoms with Gasteiger partial charge in [0, 0.05) is 19.1 Å². The zero-order chi connectivity index (χ0) is 12.2.